The lowest BCUT2D eigenvalue weighted by Crippen LogP contribution is -2.28. The fourth-order valence-corrected chi connectivity index (χ4v) is 2.85. The van der Waals surface area contributed by atoms with Crippen molar-refractivity contribution in [2.75, 3.05) is 17.7 Å². The van der Waals surface area contributed by atoms with Gasteiger partial charge in [-0.05, 0) is 42.8 Å². The van der Waals surface area contributed by atoms with Crippen molar-refractivity contribution >= 4 is 35.3 Å². The Balaban J connectivity index is 1.62. The number of pyridine rings is 2. The summed E-state index contributed by atoms with van der Waals surface area (Å²) in [5.41, 5.74) is 4.21. The molecule has 5 N–H and O–H groups in total. The van der Waals surface area contributed by atoms with Crippen LogP contribution in [0.1, 0.15) is 27.2 Å². The smallest absolute Gasteiger partial charge is 0.320 e. The van der Waals surface area contributed by atoms with E-state index in [4.69, 9.17) is 5.41 Å². The summed E-state index contributed by atoms with van der Waals surface area (Å²) in [6.45, 7) is 2.14. The molecule has 2 aromatic heterocycles. The number of amides is 3. The fourth-order valence-electron chi connectivity index (χ4n) is 2.85. The summed E-state index contributed by atoms with van der Waals surface area (Å²) in [4.78, 5) is 32.4. The summed E-state index contributed by atoms with van der Waals surface area (Å²) in [5, 5.41) is 18.8. The van der Waals surface area contributed by atoms with Crippen molar-refractivity contribution in [2.45, 2.75) is 13.5 Å². The summed E-state index contributed by atoms with van der Waals surface area (Å²) < 4.78 is 0. The first kappa shape index (κ1) is 21.4. The summed E-state index contributed by atoms with van der Waals surface area (Å²) in [6, 6.07) is 11.9. The van der Waals surface area contributed by atoms with E-state index in [1.807, 2.05) is 25.1 Å². The van der Waals surface area contributed by atoms with Gasteiger partial charge in [0, 0.05) is 48.5 Å². The van der Waals surface area contributed by atoms with Gasteiger partial charge in [0.2, 0.25) is 0 Å². The number of hydrogen-bond donors (Lipinski definition) is 5. The predicted molar refractivity (Wildman–Crippen MR) is 120 cm³/mol. The number of benzene rings is 1. The van der Waals surface area contributed by atoms with Gasteiger partial charge in [-0.3, -0.25) is 15.1 Å². The molecule has 0 radical (unpaired) electrons. The van der Waals surface area contributed by atoms with Crippen LogP contribution in [0.3, 0.4) is 0 Å². The van der Waals surface area contributed by atoms with Gasteiger partial charge in [0.05, 0.1) is 11.9 Å². The number of rotatable bonds is 7. The van der Waals surface area contributed by atoms with E-state index in [0.717, 1.165) is 16.9 Å². The Morgan fingerprint density at radius 3 is 2.71 bits per heavy atom. The highest BCUT2D eigenvalue weighted by atomic mass is 16.2. The number of carbonyl (C=O) groups is 2. The molecule has 1 aromatic carbocycles. The van der Waals surface area contributed by atoms with Crippen molar-refractivity contribution < 1.29 is 9.59 Å². The van der Waals surface area contributed by atoms with Crippen molar-refractivity contribution in [1.82, 2.24) is 20.6 Å². The Bertz CT molecular complexity index is 1110. The molecule has 0 atom stereocenters. The second kappa shape index (κ2) is 9.97. The molecule has 3 amide bonds. The highest BCUT2D eigenvalue weighted by molar-refractivity contribution is 5.94. The molecule has 0 spiro atoms. The summed E-state index contributed by atoms with van der Waals surface area (Å²) >= 11 is 0. The van der Waals surface area contributed by atoms with Crippen LogP contribution in [-0.4, -0.2) is 35.2 Å². The van der Waals surface area contributed by atoms with Gasteiger partial charge in [-0.2, -0.15) is 0 Å². The molecule has 0 saturated carbocycles. The maximum atomic E-state index is 12.3. The van der Waals surface area contributed by atoms with Crippen LogP contribution in [-0.2, 0) is 6.54 Å². The molecule has 0 aliphatic rings. The number of hydrogen-bond acceptors (Lipinski definition) is 6. The monoisotopic (exact) mass is 417 g/mol. The quantitative estimate of drug-likeness (QED) is 0.377. The number of urea groups is 1. The third kappa shape index (κ3) is 5.86. The first-order valence-electron chi connectivity index (χ1n) is 9.54. The van der Waals surface area contributed by atoms with Crippen LogP contribution in [0, 0.1) is 12.3 Å². The molecule has 3 aromatic rings. The van der Waals surface area contributed by atoms with Crippen LogP contribution in [0.2, 0.25) is 0 Å². The lowest BCUT2D eigenvalue weighted by atomic mass is 10.1. The minimum atomic E-state index is -0.445. The molecule has 158 valence electrons. The zero-order valence-electron chi connectivity index (χ0n) is 17.2. The molecular weight excluding hydrogens is 394 g/mol. The average Bonchev–Trinajstić information content (AvgIpc) is 2.78. The first-order chi connectivity index (χ1) is 15.0. The van der Waals surface area contributed by atoms with Crippen LogP contribution in [0.25, 0.3) is 0 Å². The molecule has 3 rings (SSSR count). The maximum absolute atomic E-state index is 12.3. The summed E-state index contributed by atoms with van der Waals surface area (Å²) in [5.74, 6) is 0.122. The standard InChI is InChI=1S/C22H23N7O2/c1-14-8-18(6-7-25-14)28-19-13-26-20(10-17(19)11-23)29-22(31)27-12-15-4-3-5-16(9-15)21(30)24-2/h3-11,13,23H,12H2,1-2H3,(H,24,30)(H,25,28)(H2,26,27,29,31). The molecular formula is C22H23N7O2. The Morgan fingerprint density at radius 2 is 1.97 bits per heavy atom. The zero-order valence-corrected chi connectivity index (χ0v) is 17.2. The Labute approximate surface area is 179 Å². The number of anilines is 3. The van der Waals surface area contributed by atoms with E-state index < -0.39 is 6.03 Å². The maximum Gasteiger partial charge on any atom is 0.320 e. The number of aryl methyl sites for hydroxylation is 1. The third-order valence-corrected chi connectivity index (χ3v) is 4.38. The van der Waals surface area contributed by atoms with Gasteiger partial charge < -0.3 is 21.4 Å². The fraction of sp³-hybridized carbons (Fsp3) is 0.136. The second-order valence-corrected chi connectivity index (χ2v) is 6.70. The SMILES string of the molecule is CNC(=O)c1cccc(CNC(=O)Nc2cc(C=N)c(Nc3ccnc(C)c3)cn2)c1. The van der Waals surface area contributed by atoms with Crippen molar-refractivity contribution in [3.63, 3.8) is 0 Å². The van der Waals surface area contributed by atoms with E-state index in [0.29, 0.717) is 22.6 Å². The molecule has 0 unspecified atom stereocenters. The lowest BCUT2D eigenvalue weighted by molar-refractivity contribution is 0.0963. The highest BCUT2D eigenvalue weighted by Crippen LogP contribution is 2.21. The van der Waals surface area contributed by atoms with E-state index in [9.17, 15) is 9.59 Å². The molecule has 9 heteroatoms. The van der Waals surface area contributed by atoms with E-state index in [2.05, 4.69) is 31.2 Å². The Morgan fingerprint density at radius 1 is 1.13 bits per heavy atom. The van der Waals surface area contributed by atoms with Gasteiger partial charge in [0.1, 0.15) is 5.82 Å². The largest absolute Gasteiger partial charge is 0.355 e. The van der Waals surface area contributed by atoms with E-state index in [-0.39, 0.29) is 12.5 Å². The topological polar surface area (TPSA) is 132 Å². The molecule has 0 aliphatic heterocycles. The van der Waals surface area contributed by atoms with Gasteiger partial charge >= 0.3 is 6.03 Å². The molecule has 0 bridgehead atoms. The van der Waals surface area contributed by atoms with Crippen molar-refractivity contribution in [1.29, 1.82) is 5.41 Å². The Kier molecular flexibility index (Phi) is 6.89. The zero-order chi connectivity index (χ0) is 22.2. The minimum absolute atomic E-state index is 0.190. The van der Waals surface area contributed by atoms with Crippen molar-refractivity contribution in [3.05, 3.63) is 77.2 Å². The Hall–Kier alpha value is -4.27. The van der Waals surface area contributed by atoms with Crippen LogP contribution in [0.15, 0.2) is 54.9 Å². The number of nitrogens with one attached hydrogen (secondary N) is 5. The van der Waals surface area contributed by atoms with Crippen LogP contribution >= 0.6 is 0 Å². The number of nitrogens with zero attached hydrogens (tertiary/aromatic N) is 2. The predicted octanol–water partition coefficient (Wildman–Crippen LogP) is 3.21. The van der Waals surface area contributed by atoms with Crippen LogP contribution in [0.4, 0.5) is 22.0 Å². The normalized spacial score (nSPS) is 10.1. The van der Waals surface area contributed by atoms with Crippen LogP contribution < -0.4 is 21.3 Å². The number of aromatic nitrogens is 2. The van der Waals surface area contributed by atoms with Gasteiger partial charge in [0.25, 0.3) is 5.91 Å². The van der Waals surface area contributed by atoms with Gasteiger partial charge in [-0.15, -0.1) is 0 Å². The third-order valence-electron chi connectivity index (χ3n) is 4.38. The summed E-state index contributed by atoms with van der Waals surface area (Å²) in [7, 11) is 1.56. The molecule has 0 saturated heterocycles. The lowest BCUT2D eigenvalue weighted by Gasteiger charge is -2.12. The van der Waals surface area contributed by atoms with Gasteiger partial charge in [-0.1, -0.05) is 12.1 Å². The van der Waals surface area contributed by atoms with E-state index in [1.165, 1.54) is 6.21 Å². The minimum Gasteiger partial charge on any atom is -0.355 e. The van der Waals surface area contributed by atoms with E-state index in [1.54, 1.807) is 43.7 Å². The van der Waals surface area contributed by atoms with Crippen molar-refractivity contribution in [3.8, 4) is 0 Å². The molecule has 9 nitrogen and oxygen atoms in total. The van der Waals surface area contributed by atoms with Gasteiger partial charge in [-0.25, -0.2) is 9.78 Å². The van der Waals surface area contributed by atoms with E-state index >= 15 is 0 Å². The average molecular weight is 417 g/mol. The molecule has 0 fully saturated rings. The van der Waals surface area contributed by atoms with Crippen molar-refractivity contribution in [2.24, 2.45) is 0 Å². The second-order valence-electron chi connectivity index (χ2n) is 6.70. The molecule has 31 heavy (non-hydrogen) atoms. The van der Waals surface area contributed by atoms with Crippen LogP contribution in [0.5, 0.6) is 0 Å². The molecule has 2 heterocycles. The number of carbonyl (C=O) groups excluding carboxylic acids is 2. The van der Waals surface area contributed by atoms with Gasteiger partial charge in [0.15, 0.2) is 0 Å². The molecule has 0 aliphatic carbocycles. The first-order valence-corrected chi connectivity index (χ1v) is 9.54. The summed E-state index contributed by atoms with van der Waals surface area (Å²) in [6.07, 6.45) is 4.43. The highest BCUT2D eigenvalue weighted by Gasteiger charge is 2.09.